The Balaban J connectivity index is 1.78. The molecule has 1 aromatic carbocycles. The van der Waals surface area contributed by atoms with Crippen LogP contribution in [0.3, 0.4) is 0 Å². The Bertz CT molecular complexity index is 562. The average molecular weight is 321 g/mol. The molecule has 3 N–H and O–H groups in total. The second kappa shape index (κ2) is 8.38. The lowest BCUT2D eigenvalue weighted by molar-refractivity contribution is -0.129. The molecular formula is C16H23N3O4. The first-order valence-electron chi connectivity index (χ1n) is 7.62. The zero-order valence-electron chi connectivity index (χ0n) is 13.5. The third-order valence-electron chi connectivity index (χ3n) is 3.70. The number of amides is 2. The largest absolute Gasteiger partial charge is 0.493 e. The van der Waals surface area contributed by atoms with E-state index in [1.165, 1.54) is 0 Å². The first kappa shape index (κ1) is 17.1. The molecule has 1 fully saturated rings. The first-order valence-corrected chi connectivity index (χ1v) is 7.62. The maximum absolute atomic E-state index is 11.9. The Hall–Kier alpha value is -2.28. The van der Waals surface area contributed by atoms with E-state index < -0.39 is 6.04 Å². The smallest absolute Gasteiger partial charge is 0.237 e. The van der Waals surface area contributed by atoms with Crippen LogP contribution in [0.25, 0.3) is 0 Å². The number of rotatable bonds is 7. The molecule has 0 saturated carbocycles. The van der Waals surface area contributed by atoms with Crippen LogP contribution in [0.2, 0.25) is 0 Å². The highest BCUT2D eigenvalue weighted by molar-refractivity contribution is 5.88. The van der Waals surface area contributed by atoms with Crippen molar-refractivity contribution in [2.75, 3.05) is 33.9 Å². The van der Waals surface area contributed by atoms with Crippen molar-refractivity contribution in [2.45, 2.75) is 18.9 Å². The van der Waals surface area contributed by atoms with Crippen LogP contribution in [0.15, 0.2) is 18.2 Å². The summed E-state index contributed by atoms with van der Waals surface area (Å²) >= 11 is 0. The Morgan fingerprint density at radius 1 is 1.26 bits per heavy atom. The lowest BCUT2D eigenvalue weighted by Crippen LogP contribution is -2.54. The Morgan fingerprint density at radius 3 is 2.74 bits per heavy atom. The van der Waals surface area contributed by atoms with Gasteiger partial charge in [0.2, 0.25) is 11.8 Å². The van der Waals surface area contributed by atoms with Crippen LogP contribution in [0.1, 0.15) is 12.0 Å². The third-order valence-corrected chi connectivity index (χ3v) is 3.70. The number of methoxy groups -OCH3 is 2. The molecule has 126 valence electrons. The lowest BCUT2D eigenvalue weighted by atomic mass is 10.1. The Labute approximate surface area is 135 Å². The normalized spacial score (nSPS) is 17.3. The molecule has 0 radical (unpaired) electrons. The molecule has 23 heavy (non-hydrogen) atoms. The number of hydrogen-bond acceptors (Lipinski definition) is 5. The Morgan fingerprint density at radius 2 is 2.04 bits per heavy atom. The van der Waals surface area contributed by atoms with Gasteiger partial charge >= 0.3 is 0 Å². The molecule has 1 aliphatic heterocycles. The van der Waals surface area contributed by atoms with Crippen molar-refractivity contribution in [3.8, 4) is 11.5 Å². The van der Waals surface area contributed by atoms with Gasteiger partial charge in [-0.2, -0.15) is 0 Å². The second-order valence-electron chi connectivity index (χ2n) is 5.29. The SMILES string of the molecule is COc1ccc(CCNC(=O)CC2NCCNC2=O)cc1OC. The van der Waals surface area contributed by atoms with E-state index in [4.69, 9.17) is 9.47 Å². The van der Waals surface area contributed by atoms with Crippen molar-refractivity contribution in [3.05, 3.63) is 23.8 Å². The minimum absolute atomic E-state index is 0.119. The minimum Gasteiger partial charge on any atom is -0.493 e. The summed E-state index contributed by atoms with van der Waals surface area (Å²) in [6.45, 7) is 1.80. The summed E-state index contributed by atoms with van der Waals surface area (Å²) in [5, 5.41) is 8.60. The van der Waals surface area contributed by atoms with Crippen LogP contribution in [-0.4, -0.2) is 51.7 Å². The topological polar surface area (TPSA) is 88.7 Å². The van der Waals surface area contributed by atoms with Crippen LogP contribution < -0.4 is 25.4 Å². The standard InChI is InChI=1S/C16H23N3O4/c1-22-13-4-3-11(9-14(13)23-2)5-6-18-15(20)10-12-16(21)19-8-7-17-12/h3-4,9,12,17H,5-8,10H2,1-2H3,(H,18,20)(H,19,21). The zero-order chi connectivity index (χ0) is 16.7. The maximum atomic E-state index is 11.9. The Kier molecular flexibility index (Phi) is 6.22. The van der Waals surface area contributed by atoms with E-state index in [0.717, 1.165) is 5.56 Å². The molecule has 0 aromatic heterocycles. The molecular weight excluding hydrogens is 298 g/mol. The molecule has 1 aromatic rings. The summed E-state index contributed by atoms with van der Waals surface area (Å²) in [7, 11) is 3.18. The number of carbonyl (C=O) groups is 2. The summed E-state index contributed by atoms with van der Waals surface area (Å²) in [6, 6.07) is 5.22. The van der Waals surface area contributed by atoms with E-state index in [2.05, 4.69) is 16.0 Å². The molecule has 7 heteroatoms. The van der Waals surface area contributed by atoms with Gasteiger partial charge in [-0.1, -0.05) is 6.07 Å². The van der Waals surface area contributed by atoms with Crippen LogP contribution in [-0.2, 0) is 16.0 Å². The number of piperazine rings is 1. The molecule has 0 spiro atoms. The summed E-state index contributed by atoms with van der Waals surface area (Å²) in [5.41, 5.74) is 1.04. The van der Waals surface area contributed by atoms with E-state index in [-0.39, 0.29) is 18.2 Å². The van der Waals surface area contributed by atoms with Gasteiger partial charge in [0, 0.05) is 19.6 Å². The highest BCUT2D eigenvalue weighted by atomic mass is 16.5. The maximum Gasteiger partial charge on any atom is 0.237 e. The molecule has 7 nitrogen and oxygen atoms in total. The molecule has 2 amide bonds. The van der Waals surface area contributed by atoms with Gasteiger partial charge in [-0.15, -0.1) is 0 Å². The highest BCUT2D eigenvalue weighted by Crippen LogP contribution is 2.27. The fourth-order valence-corrected chi connectivity index (χ4v) is 2.45. The van der Waals surface area contributed by atoms with Crippen LogP contribution in [0.4, 0.5) is 0 Å². The molecule has 1 aliphatic rings. The third kappa shape index (κ3) is 4.85. The van der Waals surface area contributed by atoms with E-state index >= 15 is 0 Å². The summed E-state index contributed by atoms with van der Waals surface area (Å²) in [4.78, 5) is 23.5. The molecule has 1 saturated heterocycles. The van der Waals surface area contributed by atoms with Gasteiger partial charge in [0.25, 0.3) is 0 Å². The minimum atomic E-state index is -0.440. The average Bonchev–Trinajstić information content (AvgIpc) is 2.56. The number of hydrogen-bond donors (Lipinski definition) is 3. The van der Waals surface area contributed by atoms with Crippen molar-refractivity contribution in [3.63, 3.8) is 0 Å². The van der Waals surface area contributed by atoms with Crippen molar-refractivity contribution in [1.82, 2.24) is 16.0 Å². The first-order chi connectivity index (χ1) is 11.1. The number of ether oxygens (including phenoxy) is 2. The van der Waals surface area contributed by atoms with Gasteiger partial charge in [-0.3, -0.25) is 9.59 Å². The van der Waals surface area contributed by atoms with E-state index in [1.807, 2.05) is 18.2 Å². The van der Waals surface area contributed by atoms with E-state index in [1.54, 1.807) is 14.2 Å². The summed E-state index contributed by atoms with van der Waals surface area (Å²) < 4.78 is 10.4. The predicted molar refractivity (Wildman–Crippen MR) is 85.7 cm³/mol. The van der Waals surface area contributed by atoms with Crippen LogP contribution in [0, 0.1) is 0 Å². The van der Waals surface area contributed by atoms with E-state index in [9.17, 15) is 9.59 Å². The summed E-state index contributed by atoms with van der Waals surface area (Å²) in [6.07, 6.45) is 0.828. The van der Waals surface area contributed by atoms with Gasteiger partial charge in [-0.05, 0) is 24.1 Å². The fourth-order valence-electron chi connectivity index (χ4n) is 2.45. The molecule has 0 bridgehead atoms. The summed E-state index contributed by atoms with van der Waals surface area (Å²) in [5.74, 6) is 1.08. The van der Waals surface area contributed by atoms with Gasteiger partial charge in [0.15, 0.2) is 11.5 Å². The van der Waals surface area contributed by atoms with Gasteiger partial charge in [-0.25, -0.2) is 0 Å². The van der Waals surface area contributed by atoms with Crippen molar-refractivity contribution >= 4 is 11.8 Å². The van der Waals surface area contributed by atoms with Crippen LogP contribution in [0.5, 0.6) is 11.5 Å². The number of carbonyl (C=O) groups excluding carboxylic acids is 2. The van der Waals surface area contributed by atoms with Crippen molar-refractivity contribution < 1.29 is 19.1 Å². The predicted octanol–water partition coefficient (Wildman–Crippen LogP) is -0.159. The molecule has 2 rings (SSSR count). The van der Waals surface area contributed by atoms with Crippen LogP contribution >= 0.6 is 0 Å². The van der Waals surface area contributed by atoms with E-state index in [0.29, 0.717) is 37.6 Å². The van der Waals surface area contributed by atoms with Gasteiger partial charge in [0.1, 0.15) is 0 Å². The monoisotopic (exact) mass is 321 g/mol. The lowest BCUT2D eigenvalue weighted by Gasteiger charge is -2.22. The fraction of sp³-hybridized carbons (Fsp3) is 0.500. The van der Waals surface area contributed by atoms with Gasteiger partial charge in [0.05, 0.1) is 26.7 Å². The number of benzene rings is 1. The van der Waals surface area contributed by atoms with Gasteiger partial charge < -0.3 is 25.4 Å². The molecule has 1 atom stereocenters. The van der Waals surface area contributed by atoms with Crippen molar-refractivity contribution in [1.29, 1.82) is 0 Å². The second-order valence-corrected chi connectivity index (χ2v) is 5.29. The molecule has 1 heterocycles. The molecule has 0 aliphatic carbocycles. The quantitative estimate of drug-likeness (QED) is 0.649. The molecule has 1 unspecified atom stereocenters. The highest BCUT2D eigenvalue weighted by Gasteiger charge is 2.23. The zero-order valence-corrected chi connectivity index (χ0v) is 13.5. The number of nitrogens with one attached hydrogen (secondary N) is 3. The van der Waals surface area contributed by atoms with Crippen molar-refractivity contribution in [2.24, 2.45) is 0 Å².